The molecule has 1 aliphatic heterocycles. The number of aliphatic hydroxyl groups is 1. The first-order valence-corrected chi connectivity index (χ1v) is 7.90. The Kier molecular flexibility index (Phi) is 5.25. The highest BCUT2D eigenvalue weighted by Gasteiger charge is 2.23. The summed E-state index contributed by atoms with van der Waals surface area (Å²) in [6, 6.07) is 9.53. The zero-order chi connectivity index (χ0) is 17.8. The number of hydrogen-bond acceptors (Lipinski definition) is 3. The maximum absolute atomic E-state index is 14.3. The van der Waals surface area contributed by atoms with E-state index in [1.54, 1.807) is 12.1 Å². The van der Waals surface area contributed by atoms with Gasteiger partial charge in [-0.1, -0.05) is 12.1 Å². The number of carbonyl (C=O) groups excluding carboxylic acids is 1. The van der Waals surface area contributed by atoms with Gasteiger partial charge in [-0.15, -0.1) is 0 Å². The van der Waals surface area contributed by atoms with Gasteiger partial charge < -0.3 is 20.1 Å². The number of anilines is 1. The van der Waals surface area contributed by atoms with Crippen molar-refractivity contribution in [3.05, 3.63) is 54.1 Å². The number of halogens is 2. The molecule has 0 radical (unpaired) electrons. The van der Waals surface area contributed by atoms with Gasteiger partial charge in [0.05, 0.1) is 25.9 Å². The topological polar surface area (TPSA) is 61.8 Å². The first-order valence-electron chi connectivity index (χ1n) is 7.90. The van der Waals surface area contributed by atoms with Crippen LogP contribution in [0.15, 0.2) is 42.5 Å². The third-order valence-electron chi connectivity index (χ3n) is 3.99. The van der Waals surface area contributed by atoms with Crippen LogP contribution in [-0.2, 0) is 4.74 Å². The highest BCUT2D eigenvalue weighted by molar-refractivity contribution is 5.89. The first kappa shape index (κ1) is 17.3. The SMILES string of the molecule is O=C(Nc1ccc(-c2cccc(F)c2)c(F)c1)N1CCO[C@H](CO)C1. The minimum absolute atomic E-state index is 0.166. The standard InChI is InChI=1S/C18H18F2N2O3/c19-13-3-1-2-12(8-13)16-5-4-14(9-17(16)20)21-18(24)22-6-7-25-15(10-22)11-23/h1-5,8-9,15,23H,6-7,10-11H2,(H,21,24)/t15-/m0/s1. The van der Waals surface area contributed by atoms with Crippen LogP contribution in [0.5, 0.6) is 0 Å². The van der Waals surface area contributed by atoms with Gasteiger partial charge in [-0.3, -0.25) is 0 Å². The molecule has 1 heterocycles. The molecule has 1 aliphatic rings. The predicted octanol–water partition coefficient (Wildman–Crippen LogP) is 2.86. The monoisotopic (exact) mass is 348 g/mol. The smallest absolute Gasteiger partial charge is 0.322 e. The Morgan fingerprint density at radius 2 is 2.12 bits per heavy atom. The van der Waals surface area contributed by atoms with Crippen molar-refractivity contribution in [3.8, 4) is 11.1 Å². The lowest BCUT2D eigenvalue weighted by Crippen LogP contribution is -2.48. The van der Waals surface area contributed by atoms with Crippen LogP contribution in [0.3, 0.4) is 0 Å². The van der Waals surface area contributed by atoms with Gasteiger partial charge in [-0.2, -0.15) is 0 Å². The Bertz CT molecular complexity index is 770. The number of benzene rings is 2. The van der Waals surface area contributed by atoms with Crippen LogP contribution in [0.1, 0.15) is 0 Å². The molecule has 2 amide bonds. The second kappa shape index (κ2) is 7.58. The molecule has 1 fully saturated rings. The van der Waals surface area contributed by atoms with Gasteiger partial charge in [-0.25, -0.2) is 13.6 Å². The summed E-state index contributed by atoms with van der Waals surface area (Å²) in [7, 11) is 0. The summed E-state index contributed by atoms with van der Waals surface area (Å²) in [5, 5.41) is 11.7. The average molecular weight is 348 g/mol. The zero-order valence-corrected chi connectivity index (χ0v) is 13.4. The normalized spacial score (nSPS) is 17.4. The van der Waals surface area contributed by atoms with Crippen molar-refractivity contribution in [1.82, 2.24) is 4.90 Å². The van der Waals surface area contributed by atoms with Gasteiger partial charge in [0, 0.05) is 17.8 Å². The Morgan fingerprint density at radius 1 is 1.28 bits per heavy atom. The minimum atomic E-state index is -0.557. The molecule has 0 aromatic heterocycles. The molecule has 0 saturated carbocycles. The fourth-order valence-corrected chi connectivity index (χ4v) is 2.70. The van der Waals surface area contributed by atoms with Crippen LogP contribution in [0, 0.1) is 11.6 Å². The zero-order valence-electron chi connectivity index (χ0n) is 13.4. The molecule has 25 heavy (non-hydrogen) atoms. The van der Waals surface area contributed by atoms with Crippen molar-refractivity contribution in [1.29, 1.82) is 0 Å². The van der Waals surface area contributed by atoms with E-state index in [1.807, 2.05) is 0 Å². The van der Waals surface area contributed by atoms with Gasteiger partial charge >= 0.3 is 6.03 Å². The highest BCUT2D eigenvalue weighted by atomic mass is 19.1. The molecule has 5 nitrogen and oxygen atoms in total. The summed E-state index contributed by atoms with van der Waals surface area (Å²) in [6.45, 7) is 0.838. The fourth-order valence-electron chi connectivity index (χ4n) is 2.70. The van der Waals surface area contributed by atoms with Crippen LogP contribution in [0.2, 0.25) is 0 Å². The van der Waals surface area contributed by atoms with E-state index >= 15 is 0 Å². The Morgan fingerprint density at radius 3 is 2.84 bits per heavy atom. The molecular formula is C18H18F2N2O3. The number of rotatable bonds is 3. The lowest BCUT2D eigenvalue weighted by atomic mass is 10.0. The Labute approximate surface area is 143 Å². The first-order chi connectivity index (χ1) is 12.1. The van der Waals surface area contributed by atoms with E-state index < -0.39 is 17.7 Å². The number of ether oxygens (including phenoxy) is 1. The molecule has 2 aromatic rings. The van der Waals surface area contributed by atoms with Crippen molar-refractivity contribution in [2.45, 2.75) is 6.10 Å². The molecule has 0 aliphatic carbocycles. The lowest BCUT2D eigenvalue weighted by molar-refractivity contribution is -0.0388. The number of carbonyl (C=O) groups is 1. The van der Waals surface area contributed by atoms with E-state index in [0.717, 1.165) is 0 Å². The van der Waals surface area contributed by atoms with Crippen molar-refractivity contribution < 1.29 is 23.4 Å². The number of aliphatic hydroxyl groups excluding tert-OH is 1. The molecule has 2 aromatic carbocycles. The molecule has 1 atom stereocenters. The van der Waals surface area contributed by atoms with Crippen LogP contribution < -0.4 is 5.32 Å². The predicted molar refractivity (Wildman–Crippen MR) is 89.2 cm³/mol. The second-order valence-corrected chi connectivity index (χ2v) is 5.76. The lowest BCUT2D eigenvalue weighted by Gasteiger charge is -2.32. The summed E-state index contributed by atoms with van der Waals surface area (Å²) in [4.78, 5) is 13.7. The summed E-state index contributed by atoms with van der Waals surface area (Å²) in [5.41, 5.74) is 0.980. The van der Waals surface area contributed by atoms with Crippen molar-refractivity contribution >= 4 is 11.7 Å². The molecule has 0 spiro atoms. The van der Waals surface area contributed by atoms with Gasteiger partial charge in [0.2, 0.25) is 0 Å². The van der Waals surface area contributed by atoms with E-state index in [2.05, 4.69) is 5.32 Å². The highest BCUT2D eigenvalue weighted by Crippen LogP contribution is 2.26. The second-order valence-electron chi connectivity index (χ2n) is 5.76. The van der Waals surface area contributed by atoms with Crippen LogP contribution >= 0.6 is 0 Å². The van der Waals surface area contributed by atoms with Gasteiger partial charge in [0.15, 0.2) is 0 Å². The van der Waals surface area contributed by atoms with Gasteiger partial charge in [-0.05, 0) is 35.9 Å². The third-order valence-corrected chi connectivity index (χ3v) is 3.99. The summed E-state index contributed by atoms with van der Waals surface area (Å²) >= 11 is 0. The van der Waals surface area contributed by atoms with E-state index in [1.165, 1.54) is 35.2 Å². The number of nitrogens with zero attached hydrogens (tertiary/aromatic N) is 1. The molecule has 0 unspecified atom stereocenters. The van der Waals surface area contributed by atoms with Crippen LogP contribution in [0.4, 0.5) is 19.3 Å². The quantitative estimate of drug-likeness (QED) is 0.897. The third kappa shape index (κ3) is 4.12. The van der Waals surface area contributed by atoms with Gasteiger partial charge in [0.1, 0.15) is 11.6 Å². The minimum Gasteiger partial charge on any atom is -0.394 e. The molecule has 3 rings (SSSR count). The van der Waals surface area contributed by atoms with E-state index in [4.69, 9.17) is 9.84 Å². The van der Waals surface area contributed by atoms with E-state index in [0.29, 0.717) is 24.4 Å². The molecule has 7 heteroatoms. The molecule has 2 N–H and O–H groups in total. The maximum atomic E-state index is 14.3. The summed E-state index contributed by atoms with van der Waals surface area (Å²) in [6.07, 6.45) is -0.411. The largest absolute Gasteiger partial charge is 0.394 e. The fraction of sp³-hybridized carbons (Fsp3) is 0.278. The molecule has 132 valence electrons. The average Bonchev–Trinajstić information content (AvgIpc) is 2.62. The number of nitrogens with one attached hydrogen (secondary N) is 1. The molecule has 1 saturated heterocycles. The van der Waals surface area contributed by atoms with Crippen LogP contribution in [0.25, 0.3) is 11.1 Å². The van der Waals surface area contributed by atoms with Crippen molar-refractivity contribution in [2.24, 2.45) is 0 Å². The Hall–Kier alpha value is -2.51. The van der Waals surface area contributed by atoms with E-state index in [9.17, 15) is 13.6 Å². The summed E-state index contributed by atoms with van der Waals surface area (Å²) in [5.74, 6) is -1.00. The number of morpholine rings is 1. The number of amides is 2. The van der Waals surface area contributed by atoms with Crippen LogP contribution in [-0.4, -0.2) is 48.4 Å². The van der Waals surface area contributed by atoms with E-state index in [-0.39, 0.29) is 24.7 Å². The summed E-state index contributed by atoms with van der Waals surface area (Å²) < 4.78 is 32.9. The number of urea groups is 1. The van der Waals surface area contributed by atoms with Crippen molar-refractivity contribution in [3.63, 3.8) is 0 Å². The Balaban J connectivity index is 1.71. The van der Waals surface area contributed by atoms with Crippen molar-refractivity contribution in [2.75, 3.05) is 31.6 Å². The molecular weight excluding hydrogens is 330 g/mol. The van der Waals surface area contributed by atoms with Gasteiger partial charge in [0.25, 0.3) is 0 Å². The molecule has 0 bridgehead atoms. The maximum Gasteiger partial charge on any atom is 0.322 e. The number of hydrogen-bond donors (Lipinski definition) is 2.